The zero-order chi connectivity index (χ0) is 13.3. The molecule has 0 saturated heterocycles. The molecule has 1 aromatic carbocycles. The Balaban J connectivity index is 2.55. The lowest BCUT2D eigenvalue weighted by Gasteiger charge is -2.25. The highest BCUT2D eigenvalue weighted by molar-refractivity contribution is 7.10. The van der Waals surface area contributed by atoms with Gasteiger partial charge in [-0.1, -0.05) is 6.07 Å². The molecule has 0 fully saturated rings. The zero-order valence-corrected chi connectivity index (χ0v) is 12.0. The molecule has 0 spiro atoms. The maximum absolute atomic E-state index is 10.8. The minimum absolute atomic E-state index is 0.859. The zero-order valence-electron chi connectivity index (χ0n) is 11.2. The smallest absolute Gasteiger partial charge is 0.122 e. The number of benzene rings is 1. The second kappa shape index (κ2) is 4.75. The molecule has 2 rings (SSSR count). The third-order valence-electron chi connectivity index (χ3n) is 3.27. The molecular formula is C15H18O2S. The summed E-state index contributed by atoms with van der Waals surface area (Å²) >= 11 is 1.57. The molecule has 0 amide bonds. The van der Waals surface area contributed by atoms with Crippen molar-refractivity contribution in [3.63, 3.8) is 0 Å². The van der Waals surface area contributed by atoms with Crippen LogP contribution in [0, 0.1) is 13.8 Å². The Kier molecular flexibility index (Phi) is 3.46. The molecule has 0 aliphatic rings. The lowest BCUT2D eigenvalue weighted by molar-refractivity contribution is 0.105. The van der Waals surface area contributed by atoms with Gasteiger partial charge in [0.2, 0.25) is 0 Å². The number of ether oxygens (including phenoxy) is 1. The van der Waals surface area contributed by atoms with Gasteiger partial charge < -0.3 is 9.84 Å². The van der Waals surface area contributed by atoms with Crippen molar-refractivity contribution in [3.8, 4) is 5.75 Å². The molecule has 1 N–H and O–H groups in total. The number of hydrogen-bond acceptors (Lipinski definition) is 3. The summed E-state index contributed by atoms with van der Waals surface area (Å²) in [6.07, 6.45) is 0. The van der Waals surface area contributed by atoms with Gasteiger partial charge in [-0.05, 0) is 61.0 Å². The SMILES string of the molecule is COc1cc(C)c(C(C)(O)c2cccs2)cc1C. The number of thiophene rings is 1. The molecule has 96 valence electrons. The van der Waals surface area contributed by atoms with Crippen LogP contribution >= 0.6 is 11.3 Å². The lowest BCUT2D eigenvalue weighted by Crippen LogP contribution is -2.22. The van der Waals surface area contributed by atoms with Crippen LogP contribution in [0.5, 0.6) is 5.75 Å². The Morgan fingerprint density at radius 3 is 2.50 bits per heavy atom. The number of hydrogen-bond donors (Lipinski definition) is 1. The van der Waals surface area contributed by atoms with E-state index in [-0.39, 0.29) is 0 Å². The van der Waals surface area contributed by atoms with Crippen LogP contribution in [0.25, 0.3) is 0 Å². The van der Waals surface area contributed by atoms with Crippen LogP contribution in [-0.2, 0) is 5.60 Å². The molecule has 0 aliphatic carbocycles. The van der Waals surface area contributed by atoms with Crippen molar-refractivity contribution in [2.24, 2.45) is 0 Å². The molecule has 1 aromatic heterocycles. The van der Waals surface area contributed by atoms with E-state index in [9.17, 15) is 5.11 Å². The highest BCUT2D eigenvalue weighted by Gasteiger charge is 2.29. The van der Waals surface area contributed by atoms with Crippen molar-refractivity contribution >= 4 is 11.3 Å². The van der Waals surface area contributed by atoms with Gasteiger partial charge in [0, 0.05) is 4.88 Å². The number of methoxy groups -OCH3 is 1. The predicted octanol–water partition coefficient (Wildman–Crippen LogP) is 3.63. The average Bonchev–Trinajstić information content (AvgIpc) is 2.85. The van der Waals surface area contributed by atoms with Crippen LogP contribution in [0.3, 0.4) is 0 Å². The third-order valence-corrected chi connectivity index (χ3v) is 4.35. The van der Waals surface area contributed by atoms with E-state index in [1.54, 1.807) is 18.4 Å². The maximum atomic E-state index is 10.8. The van der Waals surface area contributed by atoms with Crippen LogP contribution in [0.15, 0.2) is 29.6 Å². The Hall–Kier alpha value is -1.32. The minimum Gasteiger partial charge on any atom is -0.496 e. The molecule has 0 saturated carbocycles. The molecule has 0 radical (unpaired) electrons. The summed E-state index contributed by atoms with van der Waals surface area (Å²) in [5.74, 6) is 0.859. The van der Waals surface area contributed by atoms with E-state index in [0.29, 0.717) is 0 Å². The van der Waals surface area contributed by atoms with Gasteiger partial charge in [-0.25, -0.2) is 0 Å². The maximum Gasteiger partial charge on any atom is 0.122 e. The Morgan fingerprint density at radius 1 is 1.22 bits per heavy atom. The average molecular weight is 262 g/mol. The molecule has 1 heterocycles. The highest BCUT2D eigenvalue weighted by atomic mass is 32.1. The lowest BCUT2D eigenvalue weighted by atomic mass is 9.89. The first-order valence-electron chi connectivity index (χ1n) is 5.89. The van der Waals surface area contributed by atoms with Crippen LogP contribution in [0.4, 0.5) is 0 Å². The molecule has 2 nitrogen and oxygen atoms in total. The molecule has 3 heteroatoms. The van der Waals surface area contributed by atoms with Crippen LogP contribution < -0.4 is 4.74 Å². The fraction of sp³-hybridized carbons (Fsp3) is 0.333. The van der Waals surface area contributed by atoms with Crippen LogP contribution in [0.1, 0.15) is 28.5 Å². The van der Waals surface area contributed by atoms with E-state index in [1.165, 1.54) is 0 Å². The molecule has 1 atom stereocenters. The van der Waals surface area contributed by atoms with Gasteiger partial charge in [0.05, 0.1) is 7.11 Å². The topological polar surface area (TPSA) is 29.5 Å². The first kappa shape index (κ1) is 13.1. The van der Waals surface area contributed by atoms with E-state index in [4.69, 9.17) is 4.74 Å². The first-order valence-corrected chi connectivity index (χ1v) is 6.77. The largest absolute Gasteiger partial charge is 0.496 e. The van der Waals surface area contributed by atoms with Crippen molar-refractivity contribution in [1.82, 2.24) is 0 Å². The van der Waals surface area contributed by atoms with Gasteiger partial charge in [-0.3, -0.25) is 0 Å². The Bertz CT molecular complexity index is 542. The second-order valence-corrected chi connectivity index (χ2v) is 5.63. The molecule has 0 bridgehead atoms. The quantitative estimate of drug-likeness (QED) is 0.915. The number of aryl methyl sites for hydroxylation is 2. The van der Waals surface area contributed by atoms with Crippen molar-refractivity contribution in [2.75, 3.05) is 7.11 Å². The van der Waals surface area contributed by atoms with E-state index < -0.39 is 5.60 Å². The van der Waals surface area contributed by atoms with E-state index in [2.05, 4.69) is 0 Å². The van der Waals surface area contributed by atoms with Crippen LogP contribution in [0.2, 0.25) is 0 Å². The van der Waals surface area contributed by atoms with Crippen molar-refractivity contribution < 1.29 is 9.84 Å². The van der Waals surface area contributed by atoms with E-state index in [0.717, 1.165) is 27.3 Å². The van der Waals surface area contributed by atoms with Gasteiger partial charge in [0.15, 0.2) is 0 Å². The summed E-state index contributed by atoms with van der Waals surface area (Å²) in [5.41, 5.74) is 2.06. The van der Waals surface area contributed by atoms with E-state index in [1.807, 2.05) is 50.4 Å². The number of aliphatic hydroxyl groups is 1. The molecular weight excluding hydrogens is 244 g/mol. The summed E-state index contributed by atoms with van der Waals surface area (Å²) < 4.78 is 5.31. The molecule has 0 aliphatic heterocycles. The Labute approximate surface area is 112 Å². The fourth-order valence-corrected chi connectivity index (χ4v) is 3.02. The Morgan fingerprint density at radius 2 is 1.94 bits per heavy atom. The summed E-state index contributed by atoms with van der Waals surface area (Å²) in [6, 6.07) is 7.91. The summed E-state index contributed by atoms with van der Waals surface area (Å²) in [4.78, 5) is 0.954. The van der Waals surface area contributed by atoms with Crippen molar-refractivity contribution in [3.05, 3.63) is 51.2 Å². The first-order chi connectivity index (χ1) is 8.46. The monoisotopic (exact) mass is 262 g/mol. The van der Waals surface area contributed by atoms with E-state index >= 15 is 0 Å². The van der Waals surface area contributed by atoms with Gasteiger partial charge in [-0.2, -0.15) is 0 Å². The van der Waals surface area contributed by atoms with Crippen molar-refractivity contribution in [2.45, 2.75) is 26.4 Å². The molecule has 18 heavy (non-hydrogen) atoms. The van der Waals surface area contributed by atoms with Crippen LogP contribution in [-0.4, -0.2) is 12.2 Å². The standard InChI is InChI=1S/C15H18O2S/c1-10-9-13(17-4)11(2)8-12(10)15(3,16)14-6-5-7-18-14/h5-9,16H,1-4H3. The summed E-state index contributed by atoms with van der Waals surface area (Å²) in [5, 5.41) is 12.8. The number of rotatable bonds is 3. The summed E-state index contributed by atoms with van der Waals surface area (Å²) in [6.45, 7) is 5.83. The minimum atomic E-state index is -0.949. The summed E-state index contributed by atoms with van der Waals surface area (Å²) in [7, 11) is 1.67. The molecule has 1 unspecified atom stereocenters. The fourth-order valence-electron chi connectivity index (χ4n) is 2.22. The predicted molar refractivity (Wildman–Crippen MR) is 75.5 cm³/mol. The van der Waals surface area contributed by atoms with Gasteiger partial charge >= 0.3 is 0 Å². The van der Waals surface area contributed by atoms with Gasteiger partial charge in [0.25, 0.3) is 0 Å². The van der Waals surface area contributed by atoms with Gasteiger partial charge in [0.1, 0.15) is 11.4 Å². The molecule has 2 aromatic rings. The highest BCUT2D eigenvalue weighted by Crippen LogP contribution is 2.36. The van der Waals surface area contributed by atoms with Crippen molar-refractivity contribution in [1.29, 1.82) is 0 Å². The second-order valence-electron chi connectivity index (χ2n) is 4.69. The normalized spacial score (nSPS) is 14.3. The third kappa shape index (κ3) is 2.16. The van der Waals surface area contributed by atoms with Gasteiger partial charge in [-0.15, -0.1) is 11.3 Å².